The average Bonchev–Trinajstić information content (AvgIpc) is 3.66. The molecule has 0 amide bonds. The molecule has 0 radical (unpaired) electrons. The molecule has 2 bridgehead atoms. The van der Waals surface area contributed by atoms with E-state index < -0.39 is 34.7 Å². The van der Waals surface area contributed by atoms with Crippen molar-refractivity contribution in [2.75, 3.05) is 37.7 Å². The number of alkyl halides is 1. The van der Waals surface area contributed by atoms with Gasteiger partial charge in [0.2, 0.25) is 0 Å². The third-order valence-corrected chi connectivity index (χ3v) is 10.2. The van der Waals surface area contributed by atoms with Gasteiger partial charge in [0.25, 0.3) is 0 Å². The van der Waals surface area contributed by atoms with E-state index in [1.165, 1.54) is 30.3 Å². The maximum Gasteiger partial charge on any atom is 0.319 e. The van der Waals surface area contributed by atoms with Gasteiger partial charge >= 0.3 is 6.01 Å². The fourth-order valence-electron chi connectivity index (χ4n) is 8.19. The van der Waals surface area contributed by atoms with Gasteiger partial charge in [-0.2, -0.15) is 9.97 Å². The molecular weight excluding hydrogens is 588 g/mol. The van der Waals surface area contributed by atoms with E-state index in [1.54, 1.807) is 6.92 Å². The minimum Gasteiger partial charge on any atom is -0.508 e. The first-order valence-electron chi connectivity index (χ1n) is 15.8. The van der Waals surface area contributed by atoms with Gasteiger partial charge in [0, 0.05) is 31.4 Å². The van der Waals surface area contributed by atoms with E-state index in [2.05, 4.69) is 9.88 Å². The predicted octanol–water partition coefficient (Wildman–Crippen LogP) is 6.46. The average molecular weight is 623 g/mol. The predicted molar refractivity (Wildman–Crippen MR) is 162 cm³/mol. The summed E-state index contributed by atoms with van der Waals surface area (Å²) in [4.78, 5) is 13.3. The Bertz CT molecular complexity index is 1830. The number of hydrogen-bond acceptors (Lipinski definition) is 7. The van der Waals surface area contributed by atoms with Crippen LogP contribution in [0.2, 0.25) is 0 Å². The highest BCUT2D eigenvalue weighted by Gasteiger charge is 2.49. The van der Waals surface area contributed by atoms with Crippen molar-refractivity contribution in [3.8, 4) is 22.9 Å². The maximum absolute atomic E-state index is 16.8. The van der Waals surface area contributed by atoms with Crippen LogP contribution in [-0.2, 0) is 11.2 Å². The van der Waals surface area contributed by atoms with Gasteiger partial charge in [-0.3, -0.25) is 4.90 Å². The molecule has 11 heteroatoms. The first-order valence-corrected chi connectivity index (χ1v) is 15.8. The van der Waals surface area contributed by atoms with Gasteiger partial charge in [0.15, 0.2) is 5.82 Å². The van der Waals surface area contributed by atoms with Crippen molar-refractivity contribution in [1.82, 2.24) is 14.9 Å². The van der Waals surface area contributed by atoms with Crippen molar-refractivity contribution in [3.05, 3.63) is 53.3 Å². The summed E-state index contributed by atoms with van der Waals surface area (Å²) in [5.74, 6) is -2.20. The molecule has 4 saturated heterocycles. The second-order valence-corrected chi connectivity index (χ2v) is 13.0. The quantitative estimate of drug-likeness (QED) is 0.248. The lowest BCUT2D eigenvalue weighted by Gasteiger charge is -2.34. The molecule has 3 aromatic carbocycles. The van der Waals surface area contributed by atoms with Gasteiger partial charge in [0.1, 0.15) is 41.5 Å². The molecule has 45 heavy (non-hydrogen) atoms. The molecule has 4 atom stereocenters. The van der Waals surface area contributed by atoms with Crippen LogP contribution in [-0.4, -0.2) is 76.7 Å². The summed E-state index contributed by atoms with van der Waals surface area (Å²) in [5, 5.41) is 11.5. The fraction of sp³-hybridized carbons (Fsp3) is 0.471. The van der Waals surface area contributed by atoms with E-state index >= 15 is 8.78 Å². The molecule has 0 aliphatic carbocycles. The largest absolute Gasteiger partial charge is 0.508 e. The van der Waals surface area contributed by atoms with Crippen molar-refractivity contribution in [3.63, 3.8) is 0 Å². The number of aromatic hydroxyl groups is 1. The Morgan fingerprint density at radius 3 is 2.62 bits per heavy atom. The van der Waals surface area contributed by atoms with Crippen molar-refractivity contribution < 1.29 is 32.1 Å². The Labute approximate surface area is 257 Å². The number of halogens is 4. The van der Waals surface area contributed by atoms with E-state index in [4.69, 9.17) is 14.5 Å². The molecule has 4 aliphatic heterocycles. The SMILES string of the molecule is CCc1c(F)ccc2cc(O)cc(-c3c(F)cc4c(N5CC6CCC(C5)O6)nc(OC[C@@]56CCCN5C[C@H](F)C6)nc4c3F)c12. The summed E-state index contributed by atoms with van der Waals surface area (Å²) in [6.45, 7) is 4.08. The van der Waals surface area contributed by atoms with Crippen molar-refractivity contribution in [1.29, 1.82) is 0 Å². The molecular formula is C34H34F4N4O3. The number of rotatable bonds is 6. The van der Waals surface area contributed by atoms with Gasteiger partial charge < -0.3 is 19.5 Å². The lowest BCUT2D eigenvalue weighted by Crippen LogP contribution is -2.44. The molecule has 1 aromatic heterocycles. The van der Waals surface area contributed by atoms with E-state index in [0.717, 1.165) is 32.2 Å². The van der Waals surface area contributed by atoms with Crippen molar-refractivity contribution >= 4 is 27.5 Å². The Morgan fingerprint density at radius 1 is 1.04 bits per heavy atom. The number of morpholine rings is 1. The van der Waals surface area contributed by atoms with Crippen LogP contribution in [0.3, 0.4) is 0 Å². The summed E-state index contributed by atoms with van der Waals surface area (Å²) in [6.07, 6.45) is 3.16. The standard InChI is InChI=1S/C34H34F4N4O3/c1-2-23-26(36)7-4-18-10-20(43)11-24(28(18)23)29-27(37)12-25-31(30(29)38)39-33(40-32(25)41-15-21-5-6-22(16-41)45-21)44-17-34-8-3-9-42(34)14-19(35)13-34/h4,7,10-12,19,21-22,43H,2-3,5-6,8-9,13-17H2,1H3/t19-,21?,22?,34+/m1/s1. The molecule has 0 spiro atoms. The Balaban J connectivity index is 1.30. The Morgan fingerprint density at radius 2 is 1.84 bits per heavy atom. The number of fused-ring (bicyclic) bond motifs is 5. The highest BCUT2D eigenvalue weighted by atomic mass is 19.1. The van der Waals surface area contributed by atoms with Gasteiger partial charge in [0.05, 0.1) is 23.3 Å². The second kappa shape index (κ2) is 10.7. The van der Waals surface area contributed by atoms with Crippen LogP contribution >= 0.6 is 0 Å². The zero-order valence-corrected chi connectivity index (χ0v) is 25.0. The number of phenolic OH excluding ortho intramolecular Hbond substituents is 1. The molecule has 8 rings (SSSR count). The number of benzene rings is 3. The van der Waals surface area contributed by atoms with Gasteiger partial charge in [-0.1, -0.05) is 13.0 Å². The number of anilines is 1. The molecule has 5 heterocycles. The van der Waals surface area contributed by atoms with Crippen LogP contribution in [0.4, 0.5) is 23.4 Å². The minimum atomic E-state index is -0.960. The van der Waals surface area contributed by atoms with Gasteiger partial charge in [-0.15, -0.1) is 0 Å². The molecule has 236 valence electrons. The summed E-state index contributed by atoms with van der Waals surface area (Å²) in [5.41, 5.74) is -0.708. The van der Waals surface area contributed by atoms with Crippen LogP contribution in [0.5, 0.6) is 11.8 Å². The van der Waals surface area contributed by atoms with E-state index in [-0.39, 0.29) is 53.5 Å². The third-order valence-electron chi connectivity index (χ3n) is 10.2. The number of ether oxygens (including phenoxy) is 2. The Hall–Kier alpha value is -3.70. The molecule has 4 aliphatic rings. The van der Waals surface area contributed by atoms with E-state index in [0.29, 0.717) is 48.2 Å². The molecule has 0 saturated carbocycles. The summed E-state index contributed by atoms with van der Waals surface area (Å²) < 4.78 is 74.7. The first kappa shape index (κ1) is 28.8. The minimum absolute atomic E-state index is 0.0148. The van der Waals surface area contributed by atoms with Crippen LogP contribution in [0.15, 0.2) is 30.3 Å². The second-order valence-electron chi connectivity index (χ2n) is 13.0. The zero-order chi connectivity index (χ0) is 31.0. The summed E-state index contributed by atoms with van der Waals surface area (Å²) >= 11 is 0. The monoisotopic (exact) mass is 622 g/mol. The topological polar surface area (TPSA) is 71.0 Å². The maximum atomic E-state index is 16.8. The molecule has 1 N–H and O–H groups in total. The Kier molecular flexibility index (Phi) is 6.83. The fourth-order valence-corrected chi connectivity index (χ4v) is 8.19. The molecule has 4 aromatic rings. The smallest absolute Gasteiger partial charge is 0.319 e. The number of aromatic nitrogens is 2. The van der Waals surface area contributed by atoms with Crippen LogP contribution in [0, 0.1) is 17.5 Å². The van der Waals surface area contributed by atoms with Crippen molar-refractivity contribution in [2.24, 2.45) is 0 Å². The van der Waals surface area contributed by atoms with Crippen LogP contribution in [0.1, 0.15) is 44.6 Å². The molecule has 4 fully saturated rings. The number of hydrogen-bond donors (Lipinski definition) is 1. The van der Waals surface area contributed by atoms with E-state index in [9.17, 15) is 13.9 Å². The third kappa shape index (κ3) is 4.69. The lowest BCUT2D eigenvalue weighted by molar-refractivity contribution is 0.0302. The first-order chi connectivity index (χ1) is 21.7. The van der Waals surface area contributed by atoms with E-state index in [1.807, 2.05) is 4.90 Å². The van der Waals surface area contributed by atoms with Gasteiger partial charge in [-0.25, -0.2) is 17.6 Å². The van der Waals surface area contributed by atoms with Crippen LogP contribution in [0.25, 0.3) is 32.8 Å². The number of nitrogens with zero attached hydrogens (tertiary/aromatic N) is 4. The highest BCUT2D eigenvalue weighted by Crippen LogP contribution is 2.44. The number of phenols is 1. The zero-order valence-electron chi connectivity index (χ0n) is 25.0. The van der Waals surface area contributed by atoms with Gasteiger partial charge in [-0.05, 0) is 84.8 Å². The number of aryl methyl sites for hydroxylation is 1. The van der Waals surface area contributed by atoms with Crippen molar-refractivity contribution in [2.45, 2.75) is 69.4 Å². The normalized spacial score (nSPS) is 26.3. The molecule has 2 unspecified atom stereocenters. The van der Waals surface area contributed by atoms with Crippen LogP contribution < -0.4 is 9.64 Å². The highest BCUT2D eigenvalue weighted by molar-refractivity contribution is 6.03. The summed E-state index contributed by atoms with van der Waals surface area (Å²) in [6, 6.07) is 6.62. The lowest BCUT2D eigenvalue weighted by atomic mass is 9.91. The summed E-state index contributed by atoms with van der Waals surface area (Å²) in [7, 11) is 0. The molecule has 7 nitrogen and oxygen atoms in total.